The SMILES string of the molecule is Cc1cc(C)c(C2(F)CC3CCC(C2)N3)c(F)c1. The molecule has 98 valence electrons. The first-order chi connectivity index (χ1) is 8.48. The van der Waals surface area contributed by atoms with Gasteiger partial charge in [-0.25, -0.2) is 8.78 Å². The number of hydrogen-bond donors (Lipinski definition) is 1. The van der Waals surface area contributed by atoms with Gasteiger partial charge in [0.15, 0.2) is 0 Å². The third-order valence-electron chi connectivity index (χ3n) is 4.35. The highest BCUT2D eigenvalue weighted by molar-refractivity contribution is 5.37. The molecule has 2 bridgehead atoms. The van der Waals surface area contributed by atoms with Gasteiger partial charge in [-0.3, -0.25) is 0 Å². The Labute approximate surface area is 107 Å². The molecule has 2 unspecified atom stereocenters. The molecule has 2 saturated heterocycles. The number of halogens is 2. The summed E-state index contributed by atoms with van der Waals surface area (Å²) in [4.78, 5) is 0. The number of alkyl halides is 1. The molecule has 0 amide bonds. The second kappa shape index (κ2) is 4.02. The van der Waals surface area contributed by atoms with Crippen LogP contribution in [0, 0.1) is 19.7 Å². The van der Waals surface area contributed by atoms with Crippen molar-refractivity contribution in [2.24, 2.45) is 0 Å². The molecule has 2 aliphatic heterocycles. The maximum absolute atomic E-state index is 15.2. The zero-order valence-electron chi connectivity index (χ0n) is 10.9. The fourth-order valence-electron chi connectivity index (χ4n) is 3.78. The predicted molar refractivity (Wildman–Crippen MR) is 67.8 cm³/mol. The van der Waals surface area contributed by atoms with Crippen molar-refractivity contribution in [2.45, 2.75) is 57.3 Å². The van der Waals surface area contributed by atoms with Crippen LogP contribution in [0.15, 0.2) is 12.1 Å². The van der Waals surface area contributed by atoms with E-state index < -0.39 is 5.67 Å². The minimum Gasteiger partial charge on any atom is -0.311 e. The van der Waals surface area contributed by atoms with Gasteiger partial charge < -0.3 is 5.32 Å². The number of aryl methyl sites for hydroxylation is 2. The lowest BCUT2D eigenvalue weighted by Crippen LogP contribution is -2.45. The lowest BCUT2D eigenvalue weighted by atomic mass is 9.80. The van der Waals surface area contributed by atoms with Crippen molar-refractivity contribution in [1.82, 2.24) is 5.32 Å². The van der Waals surface area contributed by atoms with E-state index in [4.69, 9.17) is 0 Å². The van der Waals surface area contributed by atoms with Gasteiger partial charge >= 0.3 is 0 Å². The molecular weight excluding hydrogens is 232 g/mol. The highest BCUT2D eigenvalue weighted by Crippen LogP contribution is 2.45. The van der Waals surface area contributed by atoms with E-state index in [1.807, 2.05) is 19.9 Å². The van der Waals surface area contributed by atoms with Gasteiger partial charge in [0.05, 0.1) is 0 Å². The van der Waals surface area contributed by atoms with Gasteiger partial charge in [-0.15, -0.1) is 0 Å². The zero-order chi connectivity index (χ0) is 12.9. The van der Waals surface area contributed by atoms with E-state index in [0.29, 0.717) is 18.4 Å². The molecule has 3 heteroatoms. The van der Waals surface area contributed by atoms with Gasteiger partial charge in [-0.05, 0) is 43.9 Å². The Morgan fingerprint density at radius 1 is 1.17 bits per heavy atom. The number of rotatable bonds is 1. The average Bonchev–Trinajstić information content (AvgIpc) is 2.56. The first kappa shape index (κ1) is 12.1. The second-order valence-electron chi connectivity index (χ2n) is 5.95. The molecule has 0 saturated carbocycles. The van der Waals surface area contributed by atoms with Crippen LogP contribution in [0.25, 0.3) is 0 Å². The van der Waals surface area contributed by atoms with E-state index in [-0.39, 0.29) is 17.9 Å². The summed E-state index contributed by atoms with van der Waals surface area (Å²) in [6, 6.07) is 3.76. The maximum Gasteiger partial charge on any atom is 0.142 e. The lowest BCUT2D eigenvalue weighted by molar-refractivity contribution is 0.0825. The number of benzene rings is 1. The molecule has 1 nitrogen and oxygen atoms in total. The number of nitrogens with one attached hydrogen (secondary N) is 1. The molecule has 2 fully saturated rings. The van der Waals surface area contributed by atoms with Gasteiger partial charge in [-0.2, -0.15) is 0 Å². The Kier molecular flexibility index (Phi) is 2.70. The summed E-state index contributed by atoms with van der Waals surface area (Å²) in [6.45, 7) is 3.66. The molecule has 2 heterocycles. The van der Waals surface area contributed by atoms with Crippen molar-refractivity contribution < 1.29 is 8.78 Å². The molecule has 1 N–H and O–H groups in total. The minimum absolute atomic E-state index is 0.217. The normalized spacial score (nSPS) is 34.9. The van der Waals surface area contributed by atoms with Gasteiger partial charge in [0.2, 0.25) is 0 Å². The summed E-state index contributed by atoms with van der Waals surface area (Å²) < 4.78 is 29.4. The van der Waals surface area contributed by atoms with Crippen LogP contribution in [0.3, 0.4) is 0 Å². The number of piperidine rings is 1. The Hall–Kier alpha value is -0.960. The highest BCUT2D eigenvalue weighted by Gasteiger charge is 2.47. The van der Waals surface area contributed by atoms with Crippen molar-refractivity contribution in [3.63, 3.8) is 0 Å². The van der Waals surface area contributed by atoms with Crippen LogP contribution in [-0.4, -0.2) is 12.1 Å². The summed E-state index contributed by atoms with van der Waals surface area (Å²) in [5, 5.41) is 3.40. The van der Waals surface area contributed by atoms with Crippen LogP contribution < -0.4 is 5.32 Å². The van der Waals surface area contributed by atoms with E-state index in [2.05, 4.69) is 5.32 Å². The molecule has 0 aromatic heterocycles. The van der Waals surface area contributed by atoms with E-state index >= 15 is 4.39 Å². The quantitative estimate of drug-likeness (QED) is 0.805. The Morgan fingerprint density at radius 3 is 2.33 bits per heavy atom. The molecule has 0 spiro atoms. The Balaban J connectivity index is 2.04. The van der Waals surface area contributed by atoms with Crippen LogP contribution in [0.5, 0.6) is 0 Å². The van der Waals surface area contributed by atoms with E-state index in [1.54, 1.807) is 0 Å². The average molecular weight is 251 g/mol. The van der Waals surface area contributed by atoms with E-state index in [1.165, 1.54) is 6.07 Å². The molecular formula is C15H19F2N. The highest BCUT2D eigenvalue weighted by atomic mass is 19.1. The zero-order valence-corrected chi connectivity index (χ0v) is 10.9. The molecule has 1 aromatic rings. The first-order valence-electron chi connectivity index (χ1n) is 6.70. The lowest BCUT2D eigenvalue weighted by Gasteiger charge is -2.36. The fourth-order valence-corrected chi connectivity index (χ4v) is 3.78. The van der Waals surface area contributed by atoms with Crippen LogP contribution in [0.1, 0.15) is 42.4 Å². The van der Waals surface area contributed by atoms with Gasteiger partial charge in [-0.1, -0.05) is 6.07 Å². The second-order valence-corrected chi connectivity index (χ2v) is 5.95. The third kappa shape index (κ3) is 1.85. The predicted octanol–water partition coefficient (Wildman–Crippen LogP) is 3.52. The molecule has 2 atom stereocenters. The van der Waals surface area contributed by atoms with Gasteiger partial charge in [0.1, 0.15) is 11.5 Å². The van der Waals surface area contributed by atoms with E-state index in [0.717, 1.165) is 24.0 Å². The summed E-state index contributed by atoms with van der Waals surface area (Å²) >= 11 is 0. The van der Waals surface area contributed by atoms with Crippen molar-refractivity contribution in [3.05, 3.63) is 34.6 Å². The summed E-state index contributed by atoms with van der Waals surface area (Å²) in [5.41, 5.74) is 0.413. The molecule has 2 aliphatic rings. The summed E-state index contributed by atoms with van der Waals surface area (Å²) in [5.74, 6) is -0.378. The Bertz CT molecular complexity index is 448. The number of fused-ring (bicyclic) bond motifs is 2. The largest absolute Gasteiger partial charge is 0.311 e. The first-order valence-corrected chi connectivity index (χ1v) is 6.70. The smallest absolute Gasteiger partial charge is 0.142 e. The molecule has 0 radical (unpaired) electrons. The maximum atomic E-state index is 15.2. The topological polar surface area (TPSA) is 12.0 Å². The van der Waals surface area contributed by atoms with Crippen molar-refractivity contribution in [3.8, 4) is 0 Å². The van der Waals surface area contributed by atoms with Crippen LogP contribution in [0.4, 0.5) is 8.78 Å². The Morgan fingerprint density at radius 2 is 1.78 bits per heavy atom. The molecule has 0 aliphatic carbocycles. The molecule has 1 aromatic carbocycles. The molecule has 18 heavy (non-hydrogen) atoms. The van der Waals surface area contributed by atoms with Crippen LogP contribution in [-0.2, 0) is 5.67 Å². The van der Waals surface area contributed by atoms with Gasteiger partial charge in [0.25, 0.3) is 0 Å². The van der Waals surface area contributed by atoms with Crippen molar-refractivity contribution >= 4 is 0 Å². The van der Waals surface area contributed by atoms with Crippen LogP contribution >= 0.6 is 0 Å². The number of hydrogen-bond acceptors (Lipinski definition) is 1. The summed E-state index contributed by atoms with van der Waals surface area (Å²) in [7, 11) is 0. The van der Waals surface area contributed by atoms with Crippen molar-refractivity contribution in [2.75, 3.05) is 0 Å². The van der Waals surface area contributed by atoms with Crippen molar-refractivity contribution in [1.29, 1.82) is 0 Å². The van der Waals surface area contributed by atoms with Crippen LogP contribution in [0.2, 0.25) is 0 Å². The summed E-state index contributed by atoms with van der Waals surface area (Å²) in [6.07, 6.45) is 2.85. The third-order valence-corrected chi connectivity index (χ3v) is 4.35. The molecule has 3 rings (SSSR count). The fraction of sp³-hybridized carbons (Fsp3) is 0.600. The van der Waals surface area contributed by atoms with Gasteiger partial charge in [0, 0.05) is 30.5 Å². The standard InChI is InChI=1S/C15H19F2N/c1-9-5-10(2)14(13(16)6-9)15(17)7-11-3-4-12(8-15)18-11/h5-6,11-12,18H,3-4,7-8H2,1-2H3. The monoisotopic (exact) mass is 251 g/mol. The van der Waals surface area contributed by atoms with E-state index in [9.17, 15) is 4.39 Å². The minimum atomic E-state index is -1.49.